The van der Waals surface area contributed by atoms with Gasteiger partial charge in [0.05, 0.1) is 4.92 Å². The topological polar surface area (TPSA) is 95.8 Å². The van der Waals surface area contributed by atoms with E-state index in [1.54, 1.807) is 0 Å². The molecule has 0 spiro atoms. The fourth-order valence-corrected chi connectivity index (χ4v) is 4.89. The van der Waals surface area contributed by atoms with Crippen LogP contribution >= 0.6 is 12.4 Å². The van der Waals surface area contributed by atoms with Gasteiger partial charge in [-0.1, -0.05) is 12.1 Å². The molecule has 1 unspecified atom stereocenters. The Morgan fingerprint density at radius 1 is 1.17 bits per heavy atom. The van der Waals surface area contributed by atoms with Crippen LogP contribution in [0.3, 0.4) is 0 Å². The summed E-state index contributed by atoms with van der Waals surface area (Å²) in [4.78, 5) is 12.5. The van der Waals surface area contributed by atoms with Crippen LogP contribution in [-0.2, 0) is 10.0 Å². The second-order valence-electron chi connectivity index (χ2n) is 5.82. The summed E-state index contributed by atoms with van der Waals surface area (Å²) in [6.07, 6.45) is 0.764. The molecule has 24 heavy (non-hydrogen) atoms. The van der Waals surface area contributed by atoms with Gasteiger partial charge in [-0.3, -0.25) is 15.0 Å². The summed E-state index contributed by atoms with van der Waals surface area (Å²) in [7, 11) is -3.84. The second kappa shape index (κ2) is 7.75. The molecule has 1 aromatic carbocycles. The Hall–Kier alpha value is -1.26. The lowest BCUT2D eigenvalue weighted by Crippen LogP contribution is -2.49. The maximum absolute atomic E-state index is 12.8. The highest BCUT2D eigenvalue weighted by atomic mass is 35.5. The fraction of sp³-hybridized carbons (Fsp3) is 0.571. The molecule has 0 saturated carbocycles. The lowest BCUT2D eigenvalue weighted by atomic mass is 10.2. The molecular formula is C14H21ClN4O4S. The Morgan fingerprint density at radius 3 is 2.50 bits per heavy atom. The number of nitrogens with one attached hydrogen (secondary N) is 1. The Balaban J connectivity index is 0.00000208. The van der Waals surface area contributed by atoms with E-state index < -0.39 is 14.9 Å². The first-order chi connectivity index (χ1) is 11.0. The number of hydrogen-bond acceptors (Lipinski definition) is 6. The van der Waals surface area contributed by atoms with Gasteiger partial charge in [-0.2, -0.15) is 4.31 Å². The van der Waals surface area contributed by atoms with E-state index in [9.17, 15) is 18.5 Å². The second-order valence-corrected chi connectivity index (χ2v) is 7.72. The highest BCUT2D eigenvalue weighted by Gasteiger charge is 2.38. The molecule has 0 aliphatic carbocycles. The van der Waals surface area contributed by atoms with Crippen LogP contribution in [0.15, 0.2) is 29.2 Å². The molecule has 0 aromatic heterocycles. The smallest absolute Gasteiger partial charge is 0.289 e. The molecule has 134 valence electrons. The number of halogens is 1. The van der Waals surface area contributed by atoms with Gasteiger partial charge in [0.15, 0.2) is 4.90 Å². The van der Waals surface area contributed by atoms with Crippen molar-refractivity contribution in [2.75, 3.05) is 39.3 Å². The van der Waals surface area contributed by atoms with Crippen LogP contribution in [0.25, 0.3) is 0 Å². The number of benzene rings is 1. The van der Waals surface area contributed by atoms with E-state index >= 15 is 0 Å². The Bertz CT molecular complexity index is 694. The van der Waals surface area contributed by atoms with Gasteiger partial charge in [-0.05, 0) is 12.5 Å². The molecule has 10 heteroatoms. The summed E-state index contributed by atoms with van der Waals surface area (Å²) in [5.74, 6) is 0. The number of nitro benzene ring substituents is 1. The van der Waals surface area contributed by atoms with Crippen LogP contribution in [0.5, 0.6) is 0 Å². The van der Waals surface area contributed by atoms with Crippen LogP contribution in [0, 0.1) is 10.1 Å². The van der Waals surface area contributed by atoms with E-state index in [1.165, 1.54) is 28.6 Å². The lowest BCUT2D eigenvalue weighted by Gasteiger charge is -2.32. The van der Waals surface area contributed by atoms with E-state index in [2.05, 4.69) is 10.2 Å². The molecule has 2 heterocycles. The lowest BCUT2D eigenvalue weighted by molar-refractivity contribution is -0.387. The Labute approximate surface area is 147 Å². The molecule has 0 bridgehead atoms. The standard InChI is InChI=1S/C14H20N4O4S.ClH/c19-18(20)13-3-1-2-4-14(13)23(21,22)17-8-5-12(11-17)16-9-6-15-7-10-16;/h1-4,12,15H,5-11H2;1H. The third kappa shape index (κ3) is 3.70. The fourth-order valence-electron chi connectivity index (χ4n) is 3.24. The Kier molecular flexibility index (Phi) is 6.16. The first kappa shape index (κ1) is 19.1. The molecule has 1 atom stereocenters. The molecule has 8 nitrogen and oxygen atoms in total. The van der Waals surface area contributed by atoms with Gasteiger partial charge in [0.1, 0.15) is 0 Å². The zero-order valence-corrected chi connectivity index (χ0v) is 14.8. The highest BCUT2D eigenvalue weighted by molar-refractivity contribution is 7.89. The van der Waals surface area contributed by atoms with Crippen LogP contribution in [0.2, 0.25) is 0 Å². The number of rotatable bonds is 4. The van der Waals surface area contributed by atoms with Gasteiger partial charge < -0.3 is 5.32 Å². The molecule has 1 N–H and O–H groups in total. The van der Waals surface area contributed by atoms with Crippen molar-refractivity contribution < 1.29 is 13.3 Å². The van der Waals surface area contributed by atoms with E-state index in [4.69, 9.17) is 0 Å². The quantitative estimate of drug-likeness (QED) is 0.613. The van der Waals surface area contributed by atoms with Crippen molar-refractivity contribution in [3.05, 3.63) is 34.4 Å². The normalized spacial score (nSPS) is 22.9. The average molecular weight is 377 g/mol. The summed E-state index contributed by atoms with van der Waals surface area (Å²) < 4.78 is 26.9. The number of hydrogen-bond donors (Lipinski definition) is 1. The van der Waals surface area contributed by atoms with Gasteiger partial charge in [-0.25, -0.2) is 8.42 Å². The van der Waals surface area contributed by atoms with Crippen molar-refractivity contribution in [3.8, 4) is 0 Å². The van der Waals surface area contributed by atoms with Gasteiger partial charge >= 0.3 is 0 Å². The summed E-state index contributed by atoms with van der Waals surface area (Å²) in [5, 5.41) is 14.4. The number of piperazine rings is 1. The van der Waals surface area contributed by atoms with E-state index in [0.717, 1.165) is 32.6 Å². The zero-order valence-electron chi connectivity index (χ0n) is 13.1. The molecule has 3 rings (SSSR count). The minimum Gasteiger partial charge on any atom is -0.314 e. The summed E-state index contributed by atoms with van der Waals surface area (Å²) >= 11 is 0. The van der Waals surface area contributed by atoms with Crippen LogP contribution in [0.1, 0.15) is 6.42 Å². The summed E-state index contributed by atoms with van der Waals surface area (Å²) in [6.45, 7) is 4.44. The predicted molar refractivity (Wildman–Crippen MR) is 92.0 cm³/mol. The largest absolute Gasteiger partial charge is 0.314 e. The van der Waals surface area contributed by atoms with E-state index in [-0.39, 0.29) is 29.0 Å². The van der Waals surface area contributed by atoms with Crippen molar-refractivity contribution in [3.63, 3.8) is 0 Å². The molecule has 2 aliphatic heterocycles. The third-order valence-corrected chi connectivity index (χ3v) is 6.39. The van der Waals surface area contributed by atoms with Crippen LogP contribution < -0.4 is 5.32 Å². The predicted octanol–water partition coefficient (Wildman–Crippen LogP) is 0.685. The van der Waals surface area contributed by atoms with E-state index in [1.807, 2.05) is 0 Å². The third-order valence-electron chi connectivity index (χ3n) is 4.47. The first-order valence-electron chi connectivity index (χ1n) is 7.68. The van der Waals surface area contributed by atoms with Crippen molar-refractivity contribution in [1.29, 1.82) is 0 Å². The van der Waals surface area contributed by atoms with Crippen molar-refractivity contribution >= 4 is 28.1 Å². The minimum atomic E-state index is -3.84. The van der Waals surface area contributed by atoms with Crippen LogP contribution in [0.4, 0.5) is 5.69 Å². The highest BCUT2D eigenvalue weighted by Crippen LogP contribution is 2.29. The number of nitrogens with zero attached hydrogens (tertiary/aromatic N) is 3. The maximum Gasteiger partial charge on any atom is 0.289 e. The number of para-hydroxylation sites is 1. The molecule has 0 radical (unpaired) electrons. The van der Waals surface area contributed by atoms with Gasteiger partial charge in [-0.15, -0.1) is 12.4 Å². The Morgan fingerprint density at radius 2 is 1.83 bits per heavy atom. The van der Waals surface area contributed by atoms with Gasteiger partial charge in [0.25, 0.3) is 5.69 Å². The summed E-state index contributed by atoms with van der Waals surface area (Å²) in [6, 6.07) is 5.73. The van der Waals surface area contributed by atoms with E-state index in [0.29, 0.717) is 13.1 Å². The van der Waals surface area contributed by atoms with Crippen molar-refractivity contribution in [2.24, 2.45) is 0 Å². The monoisotopic (exact) mass is 376 g/mol. The van der Waals surface area contributed by atoms with Gasteiger partial charge in [0, 0.05) is 51.4 Å². The molecule has 2 saturated heterocycles. The minimum absolute atomic E-state index is 0. The SMILES string of the molecule is Cl.O=[N+]([O-])c1ccccc1S(=O)(=O)N1CCC(N2CCNCC2)C1. The van der Waals surface area contributed by atoms with Gasteiger partial charge in [0.2, 0.25) is 10.0 Å². The molecular weight excluding hydrogens is 356 g/mol. The van der Waals surface area contributed by atoms with Crippen molar-refractivity contribution in [2.45, 2.75) is 17.4 Å². The molecule has 1 aromatic rings. The zero-order chi connectivity index (χ0) is 16.4. The number of sulfonamides is 1. The number of nitro groups is 1. The maximum atomic E-state index is 12.8. The average Bonchev–Trinajstić information content (AvgIpc) is 3.06. The molecule has 0 amide bonds. The summed E-state index contributed by atoms with van der Waals surface area (Å²) in [5.41, 5.74) is -0.363. The van der Waals surface area contributed by atoms with Crippen molar-refractivity contribution in [1.82, 2.24) is 14.5 Å². The first-order valence-corrected chi connectivity index (χ1v) is 9.12. The molecule has 2 aliphatic rings. The molecule has 2 fully saturated rings. The van der Waals surface area contributed by atoms with Crippen LogP contribution in [-0.4, -0.2) is 67.9 Å².